The first kappa shape index (κ1) is 13.3. The highest BCUT2D eigenvalue weighted by molar-refractivity contribution is 5.98. The highest BCUT2D eigenvalue weighted by Crippen LogP contribution is 2.20. The third-order valence-corrected chi connectivity index (χ3v) is 3.30. The molecule has 0 radical (unpaired) electrons. The first-order valence-electron chi connectivity index (χ1n) is 6.58. The van der Waals surface area contributed by atoms with Gasteiger partial charge in [0.05, 0.1) is 0 Å². The summed E-state index contributed by atoms with van der Waals surface area (Å²) in [5, 5.41) is 8.59. The summed E-state index contributed by atoms with van der Waals surface area (Å²) in [6.07, 6.45) is 0. The Morgan fingerprint density at radius 1 is 1.05 bits per heavy atom. The van der Waals surface area contributed by atoms with E-state index in [-0.39, 0.29) is 6.61 Å². The lowest BCUT2D eigenvalue weighted by Gasteiger charge is -2.04. The van der Waals surface area contributed by atoms with Crippen LogP contribution in [0.15, 0.2) is 59.6 Å². The summed E-state index contributed by atoms with van der Waals surface area (Å²) >= 11 is 0. The standard InChI is InChI=1S/C16H14N2O3/c19-15(18-20)14-10-21-16(17-14)13-8-6-12(7-9-13)11-4-2-1-3-5-11/h1-9,14,20H,10H2,(H,18,19)/t14-/m1/s1. The number of benzene rings is 2. The van der Waals surface area contributed by atoms with Gasteiger partial charge in [0.25, 0.3) is 5.91 Å². The monoisotopic (exact) mass is 282 g/mol. The van der Waals surface area contributed by atoms with Crippen molar-refractivity contribution in [2.24, 2.45) is 4.99 Å². The number of nitrogens with one attached hydrogen (secondary N) is 1. The van der Waals surface area contributed by atoms with Gasteiger partial charge in [-0.15, -0.1) is 0 Å². The molecule has 106 valence electrons. The maximum atomic E-state index is 11.3. The molecule has 0 aromatic heterocycles. The van der Waals surface area contributed by atoms with Crippen LogP contribution in [0.5, 0.6) is 0 Å². The van der Waals surface area contributed by atoms with Crippen LogP contribution in [-0.4, -0.2) is 29.7 Å². The fourth-order valence-corrected chi connectivity index (χ4v) is 2.18. The van der Waals surface area contributed by atoms with Crippen LogP contribution in [0.1, 0.15) is 5.56 Å². The smallest absolute Gasteiger partial charge is 0.271 e. The van der Waals surface area contributed by atoms with Crippen molar-refractivity contribution in [3.05, 3.63) is 60.2 Å². The molecule has 0 spiro atoms. The molecule has 0 bridgehead atoms. The fourth-order valence-electron chi connectivity index (χ4n) is 2.18. The van der Waals surface area contributed by atoms with Gasteiger partial charge in [-0.1, -0.05) is 42.5 Å². The highest BCUT2D eigenvalue weighted by Gasteiger charge is 2.26. The molecule has 5 heteroatoms. The van der Waals surface area contributed by atoms with E-state index in [9.17, 15) is 4.79 Å². The van der Waals surface area contributed by atoms with Crippen LogP contribution in [0.2, 0.25) is 0 Å². The number of rotatable bonds is 3. The largest absolute Gasteiger partial charge is 0.475 e. The average Bonchev–Trinajstić information content (AvgIpc) is 3.05. The molecule has 1 aliphatic rings. The summed E-state index contributed by atoms with van der Waals surface area (Å²) in [6.45, 7) is 0.141. The number of nitrogens with zero attached hydrogens (tertiary/aromatic N) is 1. The lowest BCUT2D eigenvalue weighted by Crippen LogP contribution is -2.31. The molecule has 21 heavy (non-hydrogen) atoms. The maximum absolute atomic E-state index is 11.3. The van der Waals surface area contributed by atoms with Gasteiger partial charge in [0.2, 0.25) is 5.90 Å². The van der Waals surface area contributed by atoms with E-state index in [0.717, 1.165) is 16.7 Å². The molecular weight excluding hydrogens is 268 g/mol. The molecule has 2 aromatic rings. The second-order valence-electron chi connectivity index (χ2n) is 4.68. The van der Waals surface area contributed by atoms with E-state index in [1.54, 1.807) is 5.48 Å². The summed E-state index contributed by atoms with van der Waals surface area (Å²) in [5.41, 5.74) is 4.63. The number of aliphatic imine (C=N–C) groups is 1. The lowest BCUT2D eigenvalue weighted by molar-refractivity contribution is -0.130. The quantitative estimate of drug-likeness (QED) is 0.668. The van der Waals surface area contributed by atoms with E-state index in [4.69, 9.17) is 9.94 Å². The Bertz CT molecular complexity index is 666. The minimum atomic E-state index is -0.696. The Morgan fingerprint density at radius 2 is 1.67 bits per heavy atom. The van der Waals surface area contributed by atoms with Crippen LogP contribution >= 0.6 is 0 Å². The SMILES string of the molecule is O=C(NO)[C@H]1COC(c2ccc(-c3ccccc3)cc2)=N1. The molecule has 0 aliphatic carbocycles. The molecule has 1 atom stereocenters. The minimum absolute atomic E-state index is 0.141. The number of ether oxygens (including phenoxy) is 1. The van der Waals surface area contributed by atoms with Crippen molar-refractivity contribution < 1.29 is 14.7 Å². The first-order valence-corrected chi connectivity index (χ1v) is 6.58. The van der Waals surface area contributed by atoms with Crippen LogP contribution < -0.4 is 5.48 Å². The van der Waals surface area contributed by atoms with E-state index in [1.807, 2.05) is 54.6 Å². The van der Waals surface area contributed by atoms with Crippen molar-refractivity contribution in [2.75, 3.05) is 6.61 Å². The first-order chi connectivity index (χ1) is 10.3. The van der Waals surface area contributed by atoms with Crippen LogP contribution in [-0.2, 0) is 9.53 Å². The molecule has 0 fully saturated rings. The summed E-state index contributed by atoms with van der Waals surface area (Å²) in [4.78, 5) is 15.4. The molecule has 1 aliphatic heterocycles. The van der Waals surface area contributed by atoms with Gasteiger partial charge < -0.3 is 4.74 Å². The Morgan fingerprint density at radius 3 is 2.33 bits per heavy atom. The maximum Gasteiger partial charge on any atom is 0.271 e. The van der Waals surface area contributed by atoms with Crippen molar-refractivity contribution in [3.63, 3.8) is 0 Å². The van der Waals surface area contributed by atoms with Crippen molar-refractivity contribution in [3.8, 4) is 11.1 Å². The Labute approximate surface area is 121 Å². The number of hydroxylamine groups is 1. The van der Waals surface area contributed by atoms with Gasteiger partial charge >= 0.3 is 0 Å². The van der Waals surface area contributed by atoms with E-state index < -0.39 is 11.9 Å². The highest BCUT2D eigenvalue weighted by atomic mass is 16.5. The number of hydrogen-bond acceptors (Lipinski definition) is 4. The van der Waals surface area contributed by atoms with Crippen molar-refractivity contribution in [2.45, 2.75) is 6.04 Å². The summed E-state index contributed by atoms with van der Waals surface area (Å²) < 4.78 is 5.40. The summed E-state index contributed by atoms with van der Waals surface area (Å²) in [6, 6.07) is 17.1. The zero-order valence-corrected chi connectivity index (χ0v) is 11.2. The second-order valence-corrected chi connectivity index (χ2v) is 4.68. The van der Waals surface area contributed by atoms with Crippen LogP contribution in [0.4, 0.5) is 0 Å². The van der Waals surface area contributed by atoms with E-state index in [1.165, 1.54) is 0 Å². The molecule has 3 rings (SSSR count). The number of amides is 1. The summed E-state index contributed by atoms with van der Waals surface area (Å²) in [7, 11) is 0. The fraction of sp³-hybridized carbons (Fsp3) is 0.125. The van der Waals surface area contributed by atoms with Gasteiger partial charge in [0, 0.05) is 5.56 Å². The van der Waals surface area contributed by atoms with Crippen LogP contribution in [0.3, 0.4) is 0 Å². The van der Waals surface area contributed by atoms with Crippen molar-refractivity contribution in [1.29, 1.82) is 0 Å². The van der Waals surface area contributed by atoms with Crippen molar-refractivity contribution >= 4 is 11.8 Å². The Hall–Kier alpha value is -2.66. The van der Waals surface area contributed by atoms with Gasteiger partial charge in [-0.25, -0.2) is 10.5 Å². The Balaban J connectivity index is 1.81. The topological polar surface area (TPSA) is 70.9 Å². The molecule has 2 aromatic carbocycles. The lowest BCUT2D eigenvalue weighted by atomic mass is 10.0. The zero-order chi connectivity index (χ0) is 14.7. The van der Waals surface area contributed by atoms with Gasteiger partial charge in [-0.05, 0) is 23.3 Å². The number of hydrogen-bond donors (Lipinski definition) is 2. The average molecular weight is 282 g/mol. The predicted molar refractivity (Wildman–Crippen MR) is 78.1 cm³/mol. The normalized spacial score (nSPS) is 17.0. The van der Waals surface area contributed by atoms with E-state index in [2.05, 4.69) is 4.99 Å². The molecule has 2 N–H and O–H groups in total. The molecule has 0 saturated heterocycles. The van der Waals surface area contributed by atoms with Gasteiger partial charge in [0.15, 0.2) is 6.04 Å². The Kier molecular flexibility index (Phi) is 3.66. The third-order valence-electron chi connectivity index (χ3n) is 3.30. The van der Waals surface area contributed by atoms with Crippen LogP contribution in [0.25, 0.3) is 11.1 Å². The predicted octanol–water partition coefficient (Wildman–Crippen LogP) is 2.00. The van der Waals surface area contributed by atoms with Crippen LogP contribution in [0, 0.1) is 0 Å². The van der Waals surface area contributed by atoms with Gasteiger partial charge in [-0.2, -0.15) is 0 Å². The van der Waals surface area contributed by atoms with Gasteiger partial charge in [-0.3, -0.25) is 10.0 Å². The third kappa shape index (κ3) is 2.78. The molecule has 1 amide bonds. The van der Waals surface area contributed by atoms with Crippen molar-refractivity contribution in [1.82, 2.24) is 5.48 Å². The minimum Gasteiger partial charge on any atom is -0.475 e. The molecule has 1 heterocycles. The zero-order valence-electron chi connectivity index (χ0n) is 11.2. The molecule has 5 nitrogen and oxygen atoms in total. The number of carbonyl (C=O) groups is 1. The van der Waals surface area contributed by atoms with E-state index >= 15 is 0 Å². The van der Waals surface area contributed by atoms with Gasteiger partial charge in [0.1, 0.15) is 6.61 Å². The van der Waals surface area contributed by atoms with E-state index in [0.29, 0.717) is 5.90 Å². The second kappa shape index (κ2) is 5.76. The number of carbonyl (C=O) groups excluding carboxylic acids is 1. The summed E-state index contributed by atoms with van der Waals surface area (Å²) in [5.74, 6) is -0.144. The molecule has 0 unspecified atom stereocenters. The molecular formula is C16H14N2O3. The molecule has 0 saturated carbocycles.